The summed E-state index contributed by atoms with van der Waals surface area (Å²) in [6, 6.07) is 9.70. The second-order valence-corrected chi connectivity index (χ2v) is 8.51. The van der Waals surface area contributed by atoms with Crippen molar-refractivity contribution in [3.8, 4) is 6.07 Å². The van der Waals surface area contributed by atoms with Crippen molar-refractivity contribution in [2.75, 3.05) is 12.4 Å². The van der Waals surface area contributed by atoms with Crippen LogP contribution in [0.4, 0.5) is 0 Å². The standard InChI is InChI=1S/C21H23N3O2S/c22-12-17-6-3-9-24(17)21(26)19-20(27-13-23-19)18(25)8-7-14-10-15-4-1-2-5-16(15)11-14/h1-2,4-5,10,17,19-20,23H,3,6-9,11,13H2/t17-,19-,20?/m0/s1. The molecule has 140 valence electrons. The SMILES string of the molecule is N#C[C@@H]1CCCN1C(=O)[C@H]1NCSC1C(=O)CCC1=Cc2ccccc2C1. The number of likely N-dealkylation sites (tertiary alicyclic amines) is 1. The number of amides is 1. The van der Waals surface area contributed by atoms with E-state index in [1.165, 1.54) is 28.5 Å². The van der Waals surface area contributed by atoms with E-state index in [1.54, 1.807) is 4.90 Å². The van der Waals surface area contributed by atoms with Crippen molar-refractivity contribution in [1.82, 2.24) is 10.2 Å². The van der Waals surface area contributed by atoms with Crippen molar-refractivity contribution in [2.45, 2.75) is 49.4 Å². The zero-order valence-corrected chi connectivity index (χ0v) is 16.0. The molecule has 1 aromatic carbocycles. The van der Waals surface area contributed by atoms with Gasteiger partial charge >= 0.3 is 0 Å². The first-order chi connectivity index (χ1) is 13.2. The molecule has 0 bridgehead atoms. The molecule has 0 spiro atoms. The monoisotopic (exact) mass is 381 g/mol. The summed E-state index contributed by atoms with van der Waals surface area (Å²) in [6.07, 6.45) is 5.90. The van der Waals surface area contributed by atoms with Gasteiger partial charge in [-0.3, -0.25) is 14.9 Å². The van der Waals surface area contributed by atoms with Crippen LogP contribution in [-0.4, -0.2) is 46.3 Å². The minimum atomic E-state index is -0.494. The third kappa shape index (κ3) is 3.67. The maximum Gasteiger partial charge on any atom is 0.242 e. The van der Waals surface area contributed by atoms with Gasteiger partial charge in [-0.05, 0) is 36.8 Å². The first-order valence-electron chi connectivity index (χ1n) is 9.52. The van der Waals surface area contributed by atoms with Crippen molar-refractivity contribution < 1.29 is 9.59 Å². The Morgan fingerprint density at radius 1 is 1.33 bits per heavy atom. The average Bonchev–Trinajstić information content (AvgIpc) is 3.43. The van der Waals surface area contributed by atoms with Gasteiger partial charge in [0.05, 0.1) is 11.3 Å². The van der Waals surface area contributed by atoms with E-state index < -0.39 is 6.04 Å². The number of allylic oxidation sites excluding steroid dienone is 1. The van der Waals surface area contributed by atoms with Crippen molar-refractivity contribution in [2.24, 2.45) is 0 Å². The Bertz CT molecular complexity index is 829. The van der Waals surface area contributed by atoms with Crippen LogP contribution in [-0.2, 0) is 16.0 Å². The van der Waals surface area contributed by atoms with Crippen LogP contribution in [0.1, 0.15) is 36.8 Å². The molecule has 1 N–H and O–H groups in total. The number of ketones is 1. The molecule has 1 amide bonds. The highest BCUT2D eigenvalue weighted by Gasteiger charge is 2.42. The minimum Gasteiger partial charge on any atom is -0.325 e. The third-order valence-corrected chi connectivity index (χ3v) is 6.89. The summed E-state index contributed by atoms with van der Waals surface area (Å²) >= 11 is 1.51. The second kappa shape index (κ2) is 7.87. The molecule has 1 aliphatic carbocycles. The number of carbonyl (C=O) groups is 2. The summed E-state index contributed by atoms with van der Waals surface area (Å²) in [4.78, 5) is 27.4. The van der Waals surface area contributed by atoms with Crippen molar-refractivity contribution >= 4 is 29.5 Å². The Kier molecular flexibility index (Phi) is 5.33. The molecule has 1 aromatic rings. The van der Waals surface area contributed by atoms with Crippen LogP contribution < -0.4 is 5.32 Å². The fraction of sp³-hybridized carbons (Fsp3) is 0.476. The Hall–Kier alpha value is -2.10. The van der Waals surface area contributed by atoms with Gasteiger partial charge in [0.1, 0.15) is 17.9 Å². The predicted molar refractivity (Wildman–Crippen MR) is 106 cm³/mol. The zero-order chi connectivity index (χ0) is 18.8. The molecule has 2 aliphatic heterocycles. The number of thioether (sulfide) groups is 1. The van der Waals surface area contributed by atoms with E-state index in [1.807, 2.05) is 12.1 Å². The van der Waals surface area contributed by atoms with Crippen molar-refractivity contribution in [3.05, 3.63) is 41.0 Å². The Balaban J connectivity index is 1.36. The molecule has 27 heavy (non-hydrogen) atoms. The fourth-order valence-electron chi connectivity index (χ4n) is 4.21. The van der Waals surface area contributed by atoms with Gasteiger partial charge in [-0.2, -0.15) is 5.26 Å². The highest BCUT2D eigenvalue weighted by molar-refractivity contribution is 8.00. The van der Waals surface area contributed by atoms with E-state index in [-0.39, 0.29) is 23.0 Å². The van der Waals surface area contributed by atoms with Crippen LogP contribution in [0.2, 0.25) is 0 Å². The van der Waals surface area contributed by atoms with Gasteiger partial charge in [0.15, 0.2) is 0 Å². The van der Waals surface area contributed by atoms with Crippen LogP contribution in [0.25, 0.3) is 6.08 Å². The van der Waals surface area contributed by atoms with Gasteiger partial charge in [0.2, 0.25) is 5.91 Å². The lowest BCUT2D eigenvalue weighted by atomic mass is 10.0. The molecule has 2 saturated heterocycles. The number of hydrogen-bond donors (Lipinski definition) is 1. The maximum absolute atomic E-state index is 12.9. The number of Topliss-reactive ketones (excluding diaryl/α,β-unsaturated/α-hetero) is 1. The van der Waals surface area contributed by atoms with Gasteiger partial charge in [-0.25, -0.2) is 0 Å². The molecular formula is C21H23N3O2S. The quantitative estimate of drug-likeness (QED) is 0.848. The van der Waals surface area contributed by atoms with Crippen LogP contribution in [0.3, 0.4) is 0 Å². The number of carbonyl (C=O) groups excluding carboxylic acids is 2. The molecular weight excluding hydrogens is 358 g/mol. The molecule has 2 fully saturated rings. The molecule has 3 atom stereocenters. The van der Waals surface area contributed by atoms with E-state index in [2.05, 4.69) is 29.6 Å². The van der Waals surface area contributed by atoms with Gasteiger partial charge in [-0.1, -0.05) is 35.9 Å². The topological polar surface area (TPSA) is 73.2 Å². The lowest BCUT2D eigenvalue weighted by Gasteiger charge is -2.25. The number of nitrogens with one attached hydrogen (secondary N) is 1. The second-order valence-electron chi connectivity index (χ2n) is 7.38. The largest absolute Gasteiger partial charge is 0.325 e. The Labute approximate surface area is 163 Å². The summed E-state index contributed by atoms with van der Waals surface area (Å²) in [5, 5.41) is 12.1. The number of fused-ring (bicyclic) bond motifs is 1. The van der Waals surface area contributed by atoms with Crippen LogP contribution >= 0.6 is 11.8 Å². The molecule has 5 nitrogen and oxygen atoms in total. The Morgan fingerprint density at radius 3 is 3.00 bits per heavy atom. The number of hydrogen-bond acceptors (Lipinski definition) is 5. The summed E-state index contributed by atoms with van der Waals surface area (Å²) in [5.74, 6) is 0.647. The van der Waals surface area contributed by atoms with E-state index in [4.69, 9.17) is 0 Å². The fourth-order valence-corrected chi connectivity index (χ4v) is 5.37. The van der Waals surface area contributed by atoms with Gasteiger partial charge in [-0.15, -0.1) is 11.8 Å². The number of nitrogens with zero attached hydrogens (tertiary/aromatic N) is 2. The highest BCUT2D eigenvalue weighted by atomic mass is 32.2. The molecule has 6 heteroatoms. The van der Waals surface area contributed by atoms with Crippen molar-refractivity contribution in [3.63, 3.8) is 0 Å². The van der Waals surface area contributed by atoms with E-state index in [0.717, 1.165) is 25.7 Å². The molecule has 3 aliphatic rings. The third-order valence-electron chi connectivity index (χ3n) is 5.66. The maximum atomic E-state index is 12.9. The summed E-state index contributed by atoms with van der Waals surface area (Å²) < 4.78 is 0. The number of rotatable bonds is 5. The summed E-state index contributed by atoms with van der Waals surface area (Å²) in [7, 11) is 0. The first kappa shape index (κ1) is 18.3. The summed E-state index contributed by atoms with van der Waals surface area (Å²) in [6.45, 7) is 0.617. The average molecular weight is 382 g/mol. The Morgan fingerprint density at radius 2 is 2.19 bits per heavy atom. The smallest absolute Gasteiger partial charge is 0.242 e. The molecule has 0 saturated carbocycles. The molecule has 0 aromatic heterocycles. The first-order valence-corrected chi connectivity index (χ1v) is 10.6. The molecule has 1 unspecified atom stereocenters. The lowest BCUT2D eigenvalue weighted by Crippen LogP contribution is -2.51. The molecule has 0 radical (unpaired) electrons. The normalized spacial score (nSPS) is 26.6. The van der Waals surface area contributed by atoms with Gasteiger partial charge in [0, 0.05) is 18.8 Å². The molecule has 4 rings (SSSR count). The minimum absolute atomic E-state index is 0.0881. The van der Waals surface area contributed by atoms with Crippen LogP contribution in [0.15, 0.2) is 29.8 Å². The lowest BCUT2D eigenvalue weighted by molar-refractivity contribution is -0.135. The van der Waals surface area contributed by atoms with Crippen LogP contribution in [0, 0.1) is 11.3 Å². The van der Waals surface area contributed by atoms with Gasteiger partial charge in [0.25, 0.3) is 0 Å². The van der Waals surface area contributed by atoms with Crippen molar-refractivity contribution in [1.29, 1.82) is 5.26 Å². The summed E-state index contributed by atoms with van der Waals surface area (Å²) in [5.41, 5.74) is 3.86. The number of nitriles is 1. The molecule has 2 heterocycles. The predicted octanol–water partition coefficient (Wildman–Crippen LogP) is 2.52. The highest BCUT2D eigenvalue weighted by Crippen LogP contribution is 2.30. The van der Waals surface area contributed by atoms with E-state index in [0.29, 0.717) is 18.8 Å². The van der Waals surface area contributed by atoms with E-state index >= 15 is 0 Å². The van der Waals surface area contributed by atoms with Crippen LogP contribution in [0.5, 0.6) is 0 Å². The van der Waals surface area contributed by atoms with Gasteiger partial charge < -0.3 is 4.90 Å². The number of benzene rings is 1. The zero-order valence-electron chi connectivity index (χ0n) is 15.2. The van der Waals surface area contributed by atoms with E-state index in [9.17, 15) is 14.9 Å².